The van der Waals surface area contributed by atoms with Gasteiger partial charge in [-0.25, -0.2) is 13.2 Å². The number of esters is 1. The second-order valence-corrected chi connectivity index (χ2v) is 9.04. The van der Waals surface area contributed by atoms with Crippen molar-refractivity contribution in [1.29, 1.82) is 0 Å². The van der Waals surface area contributed by atoms with Gasteiger partial charge in [0.2, 0.25) is 9.84 Å². The lowest BCUT2D eigenvalue weighted by atomic mass is 10.1. The van der Waals surface area contributed by atoms with Crippen LogP contribution in [-0.4, -0.2) is 32.2 Å². The zero-order chi connectivity index (χ0) is 22.6. The van der Waals surface area contributed by atoms with Crippen LogP contribution in [0.4, 0.5) is 8.78 Å². The number of nitrogens with one attached hydrogen (secondary N) is 1. The van der Waals surface area contributed by atoms with Crippen LogP contribution in [0.15, 0.2) is 47.4 Å². The van der Waals surface area contributed by atoms with E-state index < -0.39 is 44.5 Å². The Labute approximate surface area is 182 Å². The summed E-state index contributed by atoms with van der Waals surface area (Å²) in [5.74, 6) is -5.09. The molecule has 2 aromatic rings. The van der Waals surface area contributed by atoms with E-state index in [1.54, 1.807) is 19.1 Å². The van der Waals surface area contributed by atoms with Crippen LogP contribution in [0.1, 0.15) is 35.8 Å². The van der Waals surface area contributed by atoms with Gasteiger partial charge in [-0.1, -0.05) is 29.3 Å². The van der Waals surface area contributed by atoms with Crippen molar-refractivity contribution in [1.82, 2.24) is 5.32 Å². The number of hydrogen-bond donors (Lipinski definition) is 1. The molecule has 0 saturated carbocycles. The van der Waals surface area contributed by atoms with E-state index in [9.17, 15) is 26.8 Å². The number of carbonyl (C=O) groups excluding carboxylic acids is 2. The molecule has 1 N–H and O–H groups in total. The van der Waals surface area contributed by atoms with Crippen molar-refractivity contribution in [2.24, 2.45) is 0 Å². The van der Waals surface area contributed by atoms with Crippen LogP contribution >= 0.6 is 23.2 Å². The predicted molar refractivity (Wildman–Crippen MR) is 108 cm³/mol. The number of sulfone groups is 1. The van der Waals surface area contributed by atoms with Gasteiger partial charge in [0.25, 0.3) is 5.91 Å². The third kappa shape index (κ3) is 5.68. The number of benzene rings is 2. The molecule has 0 aliphatic heterocycles. The first-order valence-corrected chi connectivity index (χ1v) is 10.8. The zero-order valence-corrected chi connectivity index (χ0v) is 18.1. The van der Waals surface area contributed by atoms with Gasteiger partial charge in [0.1, 0.15) is 0 Å². The van der Waals surface area contributed by atoms with Crippen molar-refractivity contribution in [3.8, 4) is 0 Å². The Morgan fingerprint density at radius 1 is 1.03 bits per heavy atom. The zero-order valence-electron chi connectivity index (χ0n) is 15.7. The summed E-state index contributed by atoms with van der Waals surface area (Å²) in [6, 6.07) is 8.09. The molecule has 2 atom stereocenters. The van der Waals surface area contributed by atoms with Crippen molar-refractivity contribution < 1.29 is 31.5 Å². The number of alkyl halides is 2. The van der Waals surface area contributed by atoms with E-state index in [0.29, 0.717) is 15.6 Å². The lowest BCUT2D eigenvalue weighted by molar-refractivity contribution is -0.129. The lowest BCUT2D eigenvalue weighted by Crippen LogP contribution is -2.37. The Kier molecular flexibility index (Phi) is 7.79. The van der Waals surface area contributed by atoms with Gasteiger partial charge in [-0.3, -0.25) is 4.79 Å². The van der Waals surface area contributed by atoms with Gasteiger partial charge in [0, 0.05) is 10.0 Å². The number of hydrogen-bond acceptors (Lipinski definition) is 5. The summed E-state index contributed by atoms with van der Waals surface area (Å²) < 4.78 is 53.0. The lowest BCUT2D eigenvalue weighted by Gasteiger charge is -2.19. The molecule has 30 heavy (non-hydrogen) atoms. The van der Waals surface area contributed by atoms with E-state index >= 15 is 0 Å². The summed E-state index contributed by atoms with van der Waals surface area (Å²) in [6.07, 6.45) is -1.18. The molecular formula is C19H17Cl2F2NO5S. The number of rotatable bonds is 7. The number of ether oxygens (including phenoxy) is 1. The monoisotopic (exact) mass is 479 g/mol. The molecule has 0 saturated heterocycles. The molecule has 0 aliphatic carbocycles. The third-order valence-electron chi connectivity index (χ3n) is 4.09. The van der Waals surface area contributed by atoms with Gasteiger partial charge in [-0.2, -0.15) is 8.78 Å². The Bertz CT molecular complexity index is 1050. The van der Waals surface area contributed by atoms with Crippen LogP contribution in [0.25, 0.3) is 0 Å². The minimum atomic E-state index is -4.77. The molecule has 0 fully saturated rings. The highest BCUT2D eigenvalue weighted by Crippen LogP contribution is 2.26. The molecular weight excluding hydrogens is 463 g/mol. The van der Waals surface area contributed by atoms with Crippen LogP contribution in [0, 0.1) is 0 Å². The van der Waals surface area contributed by atoms with Gasteiger partial charge < -0.3 is 10.1 Å². The van der Waals surface area contributed by atoms with E-state index in [2.05, 4.69) is 5.32 Å². The predicted octanol–water partition coefficient (Wildman–Crippen LogP) is 4.41. The Morgan fingerprint density at radius 2 is 1.63 bits per heavy atom. The summed E-state index contributed by atoms with van der Waals surface area (Å²) in [5.41, 5.74) is 0.514. The highest BCUT2D eigenvalue weighted by Gasteiger charge is 2.27. The van der Waals surface area contributed by atoms with E-state index in [4.69, 9.17) is 27.9 Å². The molecule has 1 amide bonds. The molecule has 0 radical (unpaired) electrons. The van der Waals surface area contributed by atoms with Crippen molar-refractivity contribution in [3.63, 3.8) is 0 Å². The highest BCUT2D eigenvalue weighted by molar-refractivity contribution is 7.91. The average molecular weight is 480 g/mol. The molecule has 162 valence electrons. The fourth-order valence-corrected chi connectivity index (χ4v) is 3.72. The molecule has 11 heteroatoms. The molecule has 0 spiro atoms. The summed E-state index contributed by atoms with van der Waals surface area (Å²) in [7, 11) is -4.77. The third-order valence-corrected chi connectivity index (χ3v) is 6.05. The molecule has 0 bridgehead atoms. The highest BCUT2D eigenvalue weighted by atomic mass is 35.5. The van der Waals surface area contributed by atoms with Gasteiger partial charge in [0.05, 0.1) is 16.5 Å². The molecule has 0 unspecified atom stereocenters. The normalized spacial score (nSPS) is 13.6. The molecule has 0 heterocycles. The minimum absolute atomic E-state index is 0.100. The first-order valence-electron chi connectivity index (χ1n) is 8.52. The van der Waals surface area contributed by atoms with Crippen LogP contribution in [0.2, 0.25) is 10.0 Å². The maximum Gasteiger partial charge on any atom is 0.341 e. The van der Waals surface area contributed by atoms with Crippen LogP contribution in [-0.2, 0) is 19.4 Å². The number of amides is 1. The number of carbonyl (C=O) groups is 2. The smallest absolute Gasteiger partial charge is 0.341 e. The largest absolute Gasteiger partial charge is 0.449 e. The van der Waals surface area contributed by atoms with Gasteiger partial charge in [0.15, 0.2) is 6.10 Å². The van der Waals surface area contributed by atoms with Gasteiger partial charge >= 0.3 is 11.7 Å². The molecule has 2 aromatic carbocycles. The van der Waals surface area contributed by atoms with Crippen LogP contribution in [0.5, 0.6) is 0 Å². The maximum absolute atomic E-state index is 12.6. The first-order chi connectivity index (χ1) is 13.9. The standard InChI is InChI=1S/C19H17Cl2F2NO5S/c1-10(15-8-5-13(20)9-16(15)21)24-17(25)11(2)29-18(26)12-3-6-14(7-4-12)30(27,28)19(22)23/h3-11,19H,1-2H3,(H,24,25)/t10-,11-/m1/s1. The second-order valence-electron chi connectivity index (χ2n) is 6.27. The summed E-state index contributed by atoms with van der Waals surface area (Å²) in [6.45, 7) is 3.03. The Hall–Kier alpha value is -2.23. The van der Waals surface area contributed by atoms with Crippen molar-refractivity contribution >= 4 is 44.9 Å². The molecule has 0 aliphatic rings. The van der Waals surface area contributed by atoms with E-state index in [1.165, 1.54) is 13.0 Å². The number of halogens is 4. The van der Waals surface area contributed by atoms with Gasteiger partial charge in [-0.15, -0.1) is 0 Å². The quantitative estimate of drug-likeness (QED) is 0.593. The summed E-state index contributed by atoms with van der Waals surface area (Å²) in [5, 5.41) is 3.45. The van der Waals surface area contributed by atoms with Crippen molar-refractivity contribution in [3.05, 3.63) is 63.6 Å². The van der Waals surface area contributed by atoms with E-state index in [-0.39, 0.29) is 5.56 Å². The minimum Gasteiger partial charge on any atom is -0.449 e. The Morgan fingerprint density at radius 3 is 2.17 bits per heavy atom. The fraction of sp³-hybridized carbons (Fsp3) is 0.263. The maximum atomic E-state index is 12.6. The molecule has 6 nitrogen and oxygen atoms in total. The molecule has 0 aromatic heterocycles. The van der Waals surface area contributed by atoms with Crippen LogP contribution < -0.4 is 5.32 Å². The van der Waals surface area contributed by atoms with E-state index in [1.807, 2.05) is 0 Å². The SMILES string of the molecule is C[C@@H](OC(=O)c1ccc(S(=O)(=O)C(F)F)cc1)C(=O)N[C@H](C)c1ccc(Cl)cc1Cl. The van der Waals surface area contributed by atoms with Crippen LogP contribution in [0.3, 0.4) is 0 Å². The summed E-state index contributed by atoms with van der Waals surface area (Å²) >= 11 is 11.9. The summed E-state index contributed by atoms with van der Waals surface area (Å²) in [4.78, 5) is 23.8. The Balaban J connectivity index is 2.02. The average Bonchev–Trinajstić information content (AvgIpc) is 2.67. The second kappa shape index (κ2) is 9.72. The van der Waals surface area contributed by atoms with Gasteiger partial charge in [-0.05, 0) is 55.8 Å². The first kappa shape index (κ1) is 24.0. The van der Waals surface area contributed by atoms with Crippen molar-refractivity contribution in [2.45, 2.75) is 36.6 Å². The fourth-order valence-electron chi connectivity index (χ4n) is 2.43. The molecule has 2 rings (SSSR count). The topological polar surface area (TPSA) is 89.5 Å². The van der Waals surface area contributed by atoms with E-state index in [0.717, 1.165) is 24.3 Å². The van der Waals surface area contributed by atoms with Crippen molar-refractivity contribution in [2.75, 3.05) is 0 Å².